The molecule has 1 spiro atoms. The number of hydrogen-bond acceptors (Lipinski definition) is 4. The summed E-state index contributed by atoms with van der Waals surface area (Å²) in [5, 5.41) is 14.0. The maximum Gasteiger partial charge on any atom is 0.194 e. The Balaban J connectivity index is 1.25. The highest BCUT2D eigenvalue weighted by molar-refractivity contribution is 5.81. The fourth-order valence-electron chi connectivity index (χ4n) is 6.23. The molecule has 0 aromatic heterocycles. The molecule has 152 valence electrons. The van der Waals surface area contributed by atoms with Gasteiger partial charge in [-0.05, 0) is 31.4 Å². The van der Waals surface area contributed by atoms with E-state index in [0.717, 1.165) is 44.4 Å². The van der Waals surface area contributed by atoms with Crippen LogP contribution in [0.1, 0.15) is 32.1 Å². The number of fused-ring (bicyclic) bond motifs is 2. The second kappa shape index (κ2) is 7.14. The van der Waals surface area contributed by atoms with Crippen molar-refractivity contribution in [3.8, 4) is 5.75 Å². The number of nitrogens with zero attached hydrogens (tertiary/aromatic N) is 3. The lowest BCUT2D eigenvalue weighted by molar-refractivity contribution is -0.125. The van der Waals surface area contributed by atoms with E-state index in [9.17, 15) is 5.11 Å². The summed E-state index contributed by atoms with van der Waals surface area (Å²) in [6.07, 6.45) is 6.92. The molecule has 2 aliphatic carbocycles. The Morgan fingerprint density at radius 2 is 1.93 bits per heavy atom. The van der Waals surface area contributed by atoms with E-state index in [1.54, 1.807) is 6.07 Å². The molecule has 4 aliphatic rings. The van der Waals surface area contributed by atoms with Crippen molar-refractivity contribution < 1.29 is 9.84 Å². The van der Waals surface area contributed by atoms with Gasteiger partial charge in [-0.3, -0.25) is 4.99 Å². The highest BCUT2D eigenvalue weighted by Crippen LogP contribution is 2.60. The van der Waals surface area contributed by atoms with Crippen LogP contribution in [-0.4, -0.2) is 67.9 Å². The number of aromatic hydroxyl groups is 1. The van der Waals surface area contributed by atoms with Crippen LogP contribution in [0, 0.1) is 11.3 Å². The zero-order valence-corrected chi connectivity index (χ0v) is 16.8. The van der Waals surface area contributed by atoms with Gasteiger partial charge >= 0.3 is 0 Å². The fourth-order valence-corrected chi connectivity index (χ4v) is 6.23. The monoisotopic (exact) mass is 384 g/mol. The number of guanidine groups is 1. The lowest BCUT2D eigenvalue weighted by Gasteiger charge is -2.57. The number of anilines is 1. The summed E-state index contributed by atoms with van der Waals surface area (Å²) < 4.78 is 6.13. The second-order valence-corrected chi connectivity index (χ2v) is 8.82. The summed E-state index contributed by atoms with van der Waals surface area (Å²) in [7, 11) is 1.90. The predicted octanol–water partition coefficient (Wildman–Crippen LogP) is 2.44. The van der Waals surface area contributed by atoms with Crippen LogP contribution in [0.3, 0.4) is 0 Å². The van der Waals surface area contributed by atoms with Gasteiger partial charge in [-0.15, -0.1) is 0 Å². The Hall–Kier alpha value is -1.95. The van der Waals surface area contributed by atoms with Crippen LogP contribution in [0.2, 0.25) is 0 Å². The van der Waals surface area contributed by atoms with Crippen molar-refractivity contribution in [1.29, 1.82) is 0 Å². The molecule has 28 heavy (non-hydrogen) atoms. The minimum Gasteiger partial charge on any atom is -0.506 e. The van der Waals surface area contributed by atoms with Crippen molar-refractivity contribution in [2.24, 2.45) is 16.3 Å². The van der Waals surface area contributed by atoms with Crippen LogP contribution in [0.5, 0.6) is 5.75 Å². The number of aliphatic imine (C=N–C) groups is 1. The quantitative estimate of drug-likeness (QED) is 0.606. The fraction of sp³-hybridized carbons (Fsp3) is 0.682. The van der Waals surface area contributed by atoms with Gasteiger partial charge in [-0.1, -0.05) is 25.0 Å². The first-order valence-electron chi connectivity index (χ1n) is 10.9. The van der Waals surface area contributed by atoms with Crippen molar-refractivity contribution in [2.45, 2.75) is 44.2 Å². The minimum absolute atomic E-state index is 0.342. The maximum atomic E-state index is 10.1. The third-order valence-electron chi connectivity index (χ3n) is 7.58. The van der Waals surface area contributed by atoms with Gasteiger partial charge in [0.15, 0.2) is 5.96 Å². The number of nitrogens with one attached hydrogen (secondary N) is 1. The van der Waals surface area contributed by atoms with Gasteiger partial charge in [-0.25, -0.2) is 0 Å². The number of phenolic OH excluding ortho intramolecular Hbond substituents is 1. The smallest absolute Gasteiger partial charge is 0.194 e. The van der Waals surface area contributed by atoms with Crippen LogP contribution >= 0.6 is 0 Å². The molecule has 3 unspecified atom stereocenters. The standard InChI is InChI=1S/C22H32N4O2/c1-23-21(24-19-16-8-15-28-20(16)22(19)9-4-5-10-22)26-13-11-25(12-14-26)17-6-2-3-7-18(17)27/h2-3,6-7,16,19-20,27H,4-5,8-15H2,1H3,(H,23,24). The third-order valence-corrected chi connectivity index (χ3v) is 7.58. The van der Waals surface area contributed by atoms with Gasteiger partial charge in [0.05, 0.1) is 11.8 Å². The van der Waals surface area contributed by atoms with Gasteiger partial charge < -0.3 is 25.0 Å². The Morgan fingerprint density at radius 1 is 1.18 bits per heavy atom. The van der Waals surface area contributed by atoms with E-state index < -0.39 is 0 Å². The molecular weight excluding hydrogens is 352 g/mol. The predicted molar refractivity (Wildman–Crippen MR) is 111 cm³/mol. The van der Waals surface area contributed by atoms with Gasteiger partial charge in [-0.2, -0.15) is 0 Å². The number of hydrogen-bond donors (Lipinski definition) is 2. The maximum absolute atomic E-state index is 10.1. The molecule has 2 aliphatic heterocycles. The lowest BCUT2D eigenvalue weighted by Crippen LogP contribution is -2.70. The summed E-state index contributed by atoms with van der Waals surface area (Å²) in [6.45, 7) is 4.54. The Labute approximate surface area is 167 Å². The van der Waals surface area contributed by atoms with E-state index in [4.69, 9.17) is 4.74 Å². The average Bonchev–Trinajstić information content (AvgIpc) is 3.38. The summed E-state index contributed by atoms with van der Waals surface area (Å²) in [5.41, 5.74) is 1.27. The van der Waals surface area contributed by atoms with Crippen molar-refractivity contribution in [3.63, 3.8) is 0 Å². The van der Waals surface area contributed by atoms with Crippen molar-refractivity contribution in [2.75, 3.05) is 44.7 Å². The van der Waals surface area contributed by atoms with E-state index in [2.05, 4.69) is 20.1 Å². The Kier molecular flexibility index (Phi) is 4.62. The van der Waals surface area contributed by atoms with Gasteiger partial charge in [0.2, 0.25) is 0 Å². The first kappa shape index (κ1) is 18.1. The van der Waals surface area contributed by atoms with Gasteiger partial charge in [0, 0.05) is 57.2 Å². The molecule has 6 nitrogen and oxygen atoms in total. The van der Waals surface area contributed by atoms with Crippen LogP contribution in [-0.2, 0) is 4.74 Å². The summed E-state index contributed by atoms with van der Waals surface area (Å²) >= 11 is 0. The Bertz CT molecular complexity index is 738. The molecule has 0 bridgehead atoms. The van der Waals surface area contributed by atoms with Crippen LogP contribution in [0.25, 0.3) is 0 Å². The summed E-state index contributed by atoms with van der Waals surface area (Å²) in [6, 6.07) is 8.13. The number of piperazine rings is 1. The zero-order valence-electron chi connectivity index (χ0n) is 16.8. The van der Waals surface area contributed by atoms with Gasteiger partial charge in [0.25, 0.3) is 0 Å². The molecule has 5 rings (SSSR count). The Morgan fingerprint density at radius 3 is 2.64 bits per heavy atom. The molecule has 2 N–H and O–H groups in total. The third kappa shape index (κ3) is 2.76. The van der Waals surface area contributed by atoms with E-state index in [1.807, 2.05) is 25.2 Å². The van der Waals surface area contributed by atoms with Crippen molar-refractivity contribution in [1.82, 2.24) is 10.2 Å². The molecule has 2 saturated carbocycles. The first-order valence-corrected chi connectivity index (χ1v) is 10.9. The number of phenols is 1. The molecule has 0 radical (unpaired) electrons. The molecule has 3 atom stereocenters. The number of rotatable bonds is 2. The molecule has 2 heterocycles. The van der Waals surface area contributed by atoms with E-state index in [-0.39, 0.29) is 0 Å². The molecule has 4 fully saturated rings. The summed E-state index contributed by atoms with van der Waals surface area (Å²) in [4.78, 5) is 9.28. The molecule has 1 aromatic carbocycles. The van der Waals surface area contributed by atoms with E-state index in [0.29, 0.717) is 29.2 Å². The minimum atomic E-state index is 0.342. The topological polar surface area (TPSA) is 60.3 Å². The van der Waals surface area contributed by atoms with Crippen LogP contribution < -0.4 is 10.2 Å². The zero-order chi connectivity index (χ0) is 19.1. The lowest BCUT2D eigenvalue weighted by atomic mass is 9.54. The highest BCUT2D eigenvalue weighted by atomic mass is 16.5. The van der Waals surface area contributed by atoms with Crippen LogP contribution in [0.15, 0.2) is 29.3 Å². The molecule has 1 aromatic rings. The number of ether oxygens (including phenoxy) is 1. The normalized spacial score (nSPS) is 31.8. The summed E-state index contributed by atoms with van der Waals surface area (Å²) in [5.74, 6) is 2.05. The van der Waals surface area contributed by atoms with Crippen LogP contribution in [0.4, 0.5) is 5.69 Å². The molecule has 0 amide bonds. The number of para-hydroxylation sites is 2. The van der Waals surface area contributed by atoms with Gasteiger partial charge in [0.1, 0.15) is 5.75 Å². The molecule has 6 heteroatoms. The molecule has 2 saturated heterocycles. The van der Waals surface area contributed by atoms with E-state index in [1.165, 1.54) is 32.1 Å². The number of benzene rings is 1. The average molecular weight is 385 g/mol. The largest absolute Gasteiger partial charge is 0.506 e. The van der Waals surface area contributed by atoms with E-state index >= 15 is 0 Å². The highest BCUT2D eigenvalue weighted by Gasteiger charge is 2.65. The molecular formula is C22H32N4O2. The second-order valence-electron chi connectivity index (χ2n) is 8.82. The SMILES string of the molecule is CN=C(NC1C2CCOC2C12CCCC2)N1CCN(c2ccccc2O)CC1. The first-order chi connectivity index (χ1) is 13.7. The van der Waals surface area contributed by atoms with Crippen molar-refractivity contribution >= 4 is 11.6 Å². The van der Waals surface area contributed by atoms with Crippen molar-refractivity contribution in [3.05, 3.63) is 24.3 Å².